The van der Waals surface area contributed by atoms with Crippen LogP contribution in [0.3, 0.4) is 0 Å². The number of amides is 1. The van der Waals surface area contributed by atoms with Gasteiger partial charge in [-0.25, -0.2) is 0 Å². The lowest BCUT2D eigenvalue weighted by Gasteiger charge is -2.28. The van der Waals surface area contributed by atoms with Crippen LogP contribution in [0.5, 0.6) is 0 Å². The fourth-order valence-corrected chi connectivity index (χ4v) is 3.96. The van der Waals surface area contributed by atoms with Gasteiger partial charge in [0.15, 0.2) is 0 Å². The molecule has 0 saturated carbocycles. The minimum Gasteiger partial charge on any atom is -0.378 e. The largest absolute Gasteiger partial charge is 0.378 e. The zero-order valence-electron chi connectivity index (χ0n) is 18.5. The molecule has 5 rings (SSSR count). The Labute approximate surface area is 194 Å². The fourth-order valence-electron chi connectivity index (χ4n) is 3.96. The summed E-state index contributed by atoms with van der Waals surface area (Å²) in [6, 6.07) is 17.7. The van der Waals surface area contributed by atoms with Crippen molar-refractivity contribution in [2.24, 2.45) is 0 Å². The highest BCUT2D eigenvalue weighted by atomic mass is 16.6. The van der Waals surface area contributed by atoms with Gasteiger partial charge in [-0.15, -0.1) is 10.2 Å². The molecule has 1 aromatic heterocycles. The van der Waals surface area contributed by atoms with Crippen LogP contribution in [0.15, 0.2) is 60.7 Å². The van der Waals surface area contributed by atoms with Crippen LogP contribution < -0.4 is 10.2 Å². The molecule has 10 nitrogen and oxygen atoms in total. The van der Waals surface area contributed by atoms with Gasteiger partial charge in [0, 0.05) is 30.4 Å². The van der Waals surface area contributed by atoms with Gasteiger partial charge in [0.1, 0.15) is 16.7 Å². The van der Waals surface area contributed by atoms with Gasteiger partial charge in [0.25, 0.3) is 11.6 Å². The van der Waals surface area contributed by atoms with Crippen molar-refractivity contribution in [1.29, 1.82) is 0 Å². The van der Waals surface area contributed by atoms with Crippen LogP contribution in [0.2, 0.25) is 0 Å². The van der Waals surface area contributed by atoms with Crippen molar-refractivity contribution in [3.8, 4) is 5.69 Å². The minimum absolute atomic E-state index is 0.104. The Morgan fingerprint density at radius 3 is 2.44 bits per heavy atom. The van der Waals surface area contributed by atoms with Gasteiger partial charge < -0.3 is 15.0 Å². The van der Waals surface area contributed by atoms with Crippen LogP contribution >= 0.6 is 0 Å². The highest BCUT2D eigenvalue weighted by Crippen LogP contribution is 2.30. The van der Waals surface area contributed by atoms with E-state index in [1.165, 1.54) is 6.07 Å². The molecule has 1 amide bonds. The second-order valence-corrected chi connectivity index (χ2v) is 7.99. The lowest BCUT2D eigenvalue weighted by molar-refractivity contribution is -0.384. The number of fused-ring (bicyclic) bond motifs is 1. The molecule has 0 radical (unpaired) electrons. The maximum Gasteiger partial charge on any atom is 0.293 e. The van der Waals surface area contributed by atoms with Gasteiger partial charge in [0.2, 0.25) is 0 Å². The highest BCUT2D eigenvalue weighted by Gasteiger charge is 2.23. The first kappa shape index (κ1) is 21.5. The summed E-state index contributed by atoms with van der Waals surface area (Å²) in [7, 11) is 0. The Morgan fingerprint density at radius 1 is 1.03 bits per heavy atom. The first-order chi connectivity index (χ1) is 16.5. The molecule has 0 atom stereocenters. The third kappa shape index (κ3) is 4.18. The summed E-state index contributed by atoms with van der Waals surface area (Å²) < 4.78 is 5.33. The highest BCUT2D eigenvalue weighted by molar-refractivity contribution is 6.06. The summed E-state index contributed by atoms with van der Waals surface area (Å²) in [5, 5.41) is 23.6. The monoisotopic (exact) mass is 458 g/mol. The first-order valence-electron chi connectivity index (χ1n) is 10.9. The quantitative estimate of drug-likeness (QED) is 0.358. The Bertz CT molecular complexity index is 1380. The van der Waals surface area contributed by atoms with Crippen molar-refractivity contribution in [2.75, 3.05) is 36.5 Å². The SMILES string of the molecule is Cc1cc2nn(-c3ccccc3)nc2cc1NC(=O)c1ccc(N2CCOCC2)c([N+](=O)[O-])c1. The van der Waals surface area contributed by atoms with Crippen molar-refractivity contribution in [2.45, 2.75) is 6.92 Å². The Morgan fingerprint density at radius 2 is 1.74 bits per heavy atom. The van der Waals surface area contributed by atoms with E-state index in [0.29, 0.717) is 48.7 Å². The van der Waals surface area contributed by atoms with E-state index in [2.05, 4.69) is 15.5 Å². The number of carbonyl (C=O) groups is 1. The van der Waals surface area contributed by atoms with Crippen molar-refractivity contribution in [3.63, 3.8) is 0 Å². The number of rotatable bonds is 5. The van der Waals surface area contributed by atoms with E-state index in [-0.39, 0.29) is 11.3 Å². The number of ether oxygens (including phenoxy) is 1. The molecule has 1 aliphatic heterocycles. The van der Waals surface area contributed by atoms with E-state index < -0.39 is 10.8 Å². The Balaban J connectivity index is 1.42. The van der Waals surface area contributed by atoms with E-state index in [0.717, 1.165) is 11.3 Å². The molecule has 1 N–H and O–H groups in total. The predicted molar refractivity (Wildman–Crippen MR) is 128 cm³/mol. The number of nitrogens with one attached hydrogen (secondary N) is 1. The summed E-state index contributed by atoms with van der Waals surface area (Å²) in [5.74, 6) is -0.436. The zero-order valence-corrected chi connectivity index (χ0v) is 18.5. The third-order valence-electron chi connectivity index (χ3n) is 5.75. The molecule has 0 spiro atoms. The zero-order chi connectivity index (χ0) is 23.7. The van der Waals surface area contributed by atoms with E-state index in [1.54, 1.807) is 23.0 Å². The second kappa shape index (κ2) is 8.91. The Kier molecular flexibility index (Phi) is 5.64. The average Bonchev–Trinajstić information content (AvgIpc) is 3.27. The van der Waals surface area contributed by atoms with Crippen LogP contribution in [-0.4, -0.2) is 52.1 Å². The van der Waals surface area contributed by atoms with E-state index in [4.69, 9.17) is 4.74 Å². The molecule has 1 saturated heterocycles. The molecule has 0 bridgehead atoms. The summed E-state index contributed by atoms with van der Waals surface area (Å²) in [5.41, 5.74) is 4.11. The third-order valence-corrected chi connectivity index (χ3v) is 5.75. The maximum absolute atomic E-state index is 13.0. The molecule has 2 heterocycles. The second-order valence-electron chi connectivity index (χ2n) is 7.99. The molecular formula is C24H22N6O4. The van der Waals surface area contributed by atoms with Crippen LogP contribution in [-0.2, 0) is 4.74 Å². The number of hydrogen-bond donors (Lipinski definition) is 1. The molecule has 4 aromatic rings. The topological polar surface area (TPSA) is 115 Å². The number of nitro benzene ring substituents is 1. The maximum atomic E-state index is 13.0. The summed E-state index contributed by atoms with van der Waals surface area (Å²) in [6.45, 7) is 4.01. The lowest BCUT2D eigenvalue weighted by atomic mass is 10.1. The minimum atomic E-state index is -0.458. The van der Waals surface area contributed by atoms with Crippen LogP contribution in [0.1, 0.15) is 15.9 Å². The smallest absolute Gasteiger partial charge is 0.293 e. The number of hydrogen-bond acceptors (Lipinski definition) is 7. The van der Waals surface area contributed by atoms with Crippen LogP contribution in [0, 0.1) is 17.0 Å². The number of aromatic nitrogens is 3. The summed E-state index contributed by atoms with van der Waals surface area (Å²) in [4.78, 5) is 27.7. The van der Waals surface area contributed by atoms with Crippen molar-refractivity contribution in [1.82, 2.24) is 15.0 Å². The number of para-hydroxylation sites is 1. The van der Waals surface area contributed by atoms with Crippen molar-refractivity contribution < 1.29 is 14.5 Å². The standard InChI is InChI=1S/C24H22N6O4/c1-16-13-20-21(27-29(26-20)18-5-3-2-4-6-18)15-19(16)25-24(31)17-7-8-22(23(14-17)30(32)33)28-9-11-34-12-10-28/h2-8,13-15H,9-12H2,1H3,(H,25,31). The molecule has 172 valence electrons. The number of nitrogens with zero attached hydrogens (tertiary/aromatic N) is 5. The predicted octanol–water partition coefficient (Wildman–Crippen LogP) is 3.73. The molecule has 1 aliphatic rings. The van der Waals surface area contributed by atoms with Gasteiger partial charge in [-0.2, -0.15) is 4.80 Å². The molecule has 0 aliphatic carbocycles. The number of aryl methyl sites for hydroxylation is 1. The van der Waals surface area contributed by atoms with E-state index in [9.17, 15) is 14.9 Å². The van der Waals surface area contributed by atoms with E-state index in [1.807, 2.05) is 48.2 Å². The molecule has 1 fully saturated rings. The number of benzene rings is 3. The number of carbonyl (C=O) groups excluding carboxylic acids is 1. The molecule has 34 heavy (non-hydrogen) atoms. The molecule has 3 aromatic carbocycles. The molecular weight excluding hydrogens is 436 g/mol. The van der Waals surface area contributed by atoms with E-state index >= 15 is 0 Å². The summed E-state index contributed by atoms with van der Waals surface area (Å²) >= 11 is 0. The van der Waals surface area contributed by atoms with Gasteiger partial charge in [-0.05, 0) is 48.9 Å². The fraction of sp³-hybridized carbons (Fsp3) is 0.208. The average molecular weight is 458 g/mol. The molecule has 10 heteroatoms. The lowest BCUT2D eigenvalue weighted by Crippen LogP contribution is -2.36. The normalized spacial score (nSPS) is 13.7. The first-order valence-corrected chi connectivity index (χ1v) is 10.9. The summed E-state index contributed by atoms with van der Waals surface area (Å²) in [6.07, 6.45) is 0. The number of nitro groups is 1. The van der Waals surface area contributed by atoms with Gasteiger partial charge in [-0.3, -0.25) is 14.9 Å². The molecule has 0 unspecified atom stereocenters. The van der Waals surface area contributed by atoms with Gasteiger partial charge in [0.05, 0.1) is 23.8 Å². The van der Waals surface area contributed by atoms with Crippen LogP contribution in [0.4, 0.5) is 17.1 Å². The van der Waals surface area contributed by atoms with Gasteiger partial charge in [-0.1, -0.05) is 18.2 Å². The van der Waals surface area contributed by atoms with Crippen molar-refractivity contribution >= 4 is 34.0 Å². The number of anilines is 2. The Hall–Kier alpha value is -4.31. The van der Waals surface area contributed by atoms with Gasteiger partial charge >= 0.3 is 0 Å². The van der Waals surface area contributed by atoms with Crippen LogP contribution in [0.25, 0.3) is 16.7 Å². The van der Waals surface area contributed by atoms with Crippen molar-refractivity contribution in [3.05, 3.63) is 81.9 Å². The number of morpholine rings is 1.